The van der Waals surface area contributed by atoms with E-state index in [1.54, 1.807) is 11.3 Å². The van der Waals surface area contributed by atoms with Crippen LogP contribution in [0.5, 0.6) is 0 Å². The van der Waals surface area contributed by atoms with Gasteiger partial charge in [0.15, 0.2) is 0 Å². The van der Waals surface area contributed by atoms with E-state index in [-0.39, 0.29) is 0 Å². The van der Waals surface area contributed by atoms with Gasteiger partial charge in [-0.25, -0.2) is 0 Å². The summed E-state index contributed by atoms with van der Waals surface area (Å²) >= 11 is 1.78. The van der Waals surface area contributed by atoms with Crippen molar-refractivity contribution in [1.82, 2.24) is 9.97 Å². The summed E-state index contributed by atoms with van der Waals surface area (Å²) in [7, 11) is 0. The molecule has 0 aliphatic rings. The highest BCUT2D eigenvalue weighted by atomic mass is 32.1. The molecule has 0 amide bonds. The van der Waals surface area contributed by atoms with E-state index in [9.17, 15) is 0 Å². The van der Waals surface area contributed by atoms with Gasteiger partial charge < -0.3 is 0 Å². The summed E-state index contributed by atoms with van der Waals surface area (Å²) in [6, 6.07) is 12.4. The molecule has 3 heterocycles. The monoisotopic (exact) mass is 238 g/mol. The molecule has 0 radical (unpaired) electrons. The minimum absolute atomic E-state index is 1.21. The quantitative estimate of drug-likeness (QED) is 0.677. The van der Waals surface area contributed by atoms with Crippen molar-refractivity contribution < 1.29 is 0 Å². The van der Waals surface area contributed by atoms with Crippen LogP contribution < -0.4 is 0 Å². The average Bonchev–Trinajstić information content (AvgIpc) is 2.90. The molecule has 3 aromatic rings. The highest BCUT2D eigenvalue weighted by molar-refractivity contribution is 7.18. The van der Waals surface area contributed by atoms with Crippen LogP contribution in [0, 0.1) is 0 Å². The Kier molecular flexibility index (Phi) is 2.68. The molecular weight excluding hydrogens is 228 g/mol. The van der Waals surface area contributed by atoms with Gasteiger partial charge in [0.25, 0.3) is 0 Å². The van der Waals surface area contributed by atoms with Gasteiger partial charge in [0.05, 0.1) is 0 Å². The van der Waals surface area contributed by atoms with Gasteiger partial charge in [-0.2, -0.15) is 0 Å². The number of aromatic nitrogens is 2. The van der Waals surface area contributed by atoms with Crippen LogP contribution in [0.25, 0.3) is 20.9 Å². The third-order valence-electron chi connectivity index (χ3n) is 2.54. The van der Waals surface area contributed by atoms with Crippen LogP contribution in [-0.2, 0) is 0 Å². The predicted octanol–water partition coefficient (Wildman–Crippen LogP) is 3.87. The summed E-state index contributed by atoms with van der Waals surface area (Å²) < 4.78 is 0. The molecule has 0 saturated heterocycles. The number of hydrogen-bond donors (Lipinski definition) is 0. The van der Waals surface area contributed by atoms with Crippen molar-refractivity contribution in [3.8, 4) is 20.9 Å². The van der Waals surface area contributed by atoms with E-state index in [0.29, 0.717) is 0 Å². The molecule has 3 rings (SSSR count). The highest BCUT2D eigenvalue weighted by Crippen LogP contribution is 2.33. The first-order chi connectivity index (χ1) is 8.43. The molecule has 0 fully saturated rings. The summed E-state index contributed by atoms with van der Waals surface area (Å²) in [6.45, 7) is 0. The largest absolute Gasteiger partial charge is 0.265 e. The first-order valence-corrected chi connectivity index (χ1v) is 6.16. The molecule has 3 aromatic heterocycles. The number of rotatable bonds is 2. The average molecular weight is 238 g/mol. The highest BCUT2D eigenvalue weighted by Gasteiger charge is 2.03. The van der Waals surface area contributed by atoms with Crippen LogP contribution in [0.3, 0.4) is 0 Å². The Hall–Kier alpha value is -2.00. The minimum Gasteiger partial charge on any atom is -0.265 e. The maximum absolute atomic E-state index is 4.03. The molecule has 0 bridgehead atoms. The van der Waals surface area contributed by atoms with E-state index < -0.39 is 0 Å². The Labute approximate surface area is 104 Å². The Morgan fingerprint density at radius 1 is 0.588 bits per heavy atom. The lowest BCUT2D eigenvalue weighted by molar-refractivity contribution is 1.33. The summed E-state index contributed by atoms with van der Waals surface area (Å²) in [5, 5.41) is 0. The second kappa shape index (κ2) is 4.47. The molecule has 0 atom stereocenters. The van der Waals surface area contributed by atoms with Gasteiger partial charge in [-0.05, 0) is 47.5 Å². The zero-order valence-corrected chi connectivity index (χ0v) is 9.89. The number of thiophene rings is 1. The smallest absolute Gasteiger partial charge is 0.0350 e. The lowest BCUT2D eigenvalue weighted by Crippen LogP contribution is -1.72. The summed E-state index contributed by atoms with van der Waals surface area (Å²) in [5.74, 6) is 0. The fourth-order valence-electron chi connectivity index (χ4n) is 1.68. The van der Waals surface area contributed by atoms with Gasteiger partial charge in [0, 0.05) is 34.5 Å². The van der Waals surface area contributed by atoms with Crippen LogP contribution in [0.2, 0.25) is 0 Å². The molecule has 82 valence electrons. The topological polar surface area (TPSA) is 25.8 Å². The number of nitrogens with zero attached hydrogens (tertiary/aromatic N) is 2. The molecule has 0 saturated carbocycles. The van der Waals surface area contributed by atoms with E-state index in [2.05, 4.69) is 22.1 Å². The first kappa shape index (κ1) is 10.2. The van der Waals surface area contributed by atoms with Gasteiger partial charge in [-0.15, -0.1) is 11.3 Å². The summed E-state index contributed by atoms with van der Waals surface area (Å²) in [5.41, 5.74) is 2.43. The molecule has 0 N–H and O–H groups in total. The van der Waals surface area contributed by atoms with Gasteiger partial charge in [0.2, 0.25) is 0 Å². The Morgan fingerprint density at radius 2 is 1.00 bits per heavy atom. The summed E-state index contributed by atoms with van der Waals surface area (Å²) in [4.78, 5) is 10.6. The fourth-order valence-corrected chi connectivity index (χ4v) is 2.70. The molecule has 0 aliphatic heterocycles. The second-order valence-corrected chi connectivity index (χ2v) is 4.72. The molecule has 2 nitrogen and oxygen atoms in total. The lowest BCUT2D eigenvalue weighted by Gasteiger charge is -1.96. The van der Waals surface area contributed by atoms with E-state index in [1.807, 2.05) is 49.1 Å². The van der Waals surface area contributed by atoms with E-state index in [1.165, 1.54) is 20.9 Å². The normalized spacial score (nSPS) is 10.4. The van der Waals surface area contributed by atoms with Crippen molar-refractivity contribution in [3.05, 3.63) is 61.2 Å². The molecule has 0 spiro atoms. The zero-order valence-electron chi connectivity index (χ0n) is 9.08. The van der Waals surface area contributed by atoms with Crippen LogP contribution in [0.4, 0.5) is 0 Å². The van der Waals surface area contributed by atoms with Gasteiger partial charge in [0.1, 0.15) is 0 Å². The first-order valence-electron chi connectivity index (χ1n) is 5.34. The van der Waals surface area contributed by atoms with Gasteiger partial charge >= 0.3 is 0 Å². The van der Waals surface area contributed by atoms with Crippen LogP contribution in [0.1, 0.15) is 0 Å². The third-order valence-corrected chi connectivity index (χ3v) is 3.72. The van der Waals surface area contributed by atoms with Crippen molar-refractivity contribution in [2.75, 3.05) is 0 Å². The van der Waals surface area contributed by atoms with Crippen LogP contribution in [-0.4, -0.2) is 9.97 Å². The van der Waals surface area contributed by atoms with E-state index >= 15 is 0 Å². The predicted molar refractivity (Wildman–Crippen MR) is 70.8 cm³/mol. The van der Waals surface area contributed by atoms with Crippen LogP contribution >= 0.6 is 11.3 Å². The SMILES string of the molecule is c1cc(-c2ccc(-c3ccncc3)s2)ccn1. The van der Waals surface area contributed by atoms with Gasteiger partial charge in [-0.3, -0.25) is 9.97 Å². The molecule has 0 unspecified atom stereocenters. The molecule has 0 aliphatic carbocycles. The Balaban J connectivity index is 1.99. The van der Waals surface area contributed by atoms with Crippen molar-refractivity contribution in [2.45, 2.75) is 0 Å². The van der Waals surface area contributed by atoms with E-state index in [0.717, 1.165) is 0 Å². The fraction of sp³-hybridized carbons (Fsp3) is 0. The van der Waals surface area contributed by atoms with Crippen molar-refractivity contribution in [3.63, 3.8) is 0 Å². The minimum atomic E-state index is 1.21. The van der Waals surface area contributed by atoms with Crippen molar-refractivity contribution in [2.24, 2.45) is 0 Å². The van der Waals surface area contributed by atoms with Crippen molar-refractivity contribution in [1.29, 1.82) is 0 Å². The molecular formula is C14H10N2S. The maximum atomic E-state index is 4.03. The zero-order chi connectivity index (χ0) is 11.5. The number of pyridine rings is 2. The van der Waals surface area contributed by atoms with Gasteiger partial charge in [-0.1, -0.05) is 0 Å². The molecule has 17 heavy (non-hydrogen) atoms. The second-order valence-electron chi connectivity index (χ2n) is 3.64. The molecule has 0 aromatic carbocycles. The third kappa shape index (κ3) is 2.10. The lowest BCUT2D eigenvalue weighted by atomic mass is 10.2. The maximum Gasteiger partial charge on any atom is 0.0350 e. The summed E-state index contributed by atoms with van der Waals surface area (Å²) in [6.07, 6.45) is 7.28. The van der Waals surface area contributed by atoms with Crippen molar-refractivity contribution >= 4 is 11.3 Å². The van der Waals surface area contributed by atoms with E-state index in [4.69, 9.17) is 0 Å². The Morgan fingerprint density at radius 3 is 1.41 bits per heavy atom. The van der Waals surface area contributed by atoms with Crippen LogP contribution in [0.15, 0.2) is 61.2 Å². The standard InChI is InChI=1S/C14H10N2S/c1-2-14(12-5-9-16-10-6-12)17-13(1)11-3-7-15-8-4-11/h1-10H. The molecule has 3 heteroatoms. The number of hydrogen-bond acceptors (Lipinski definition) is 3. The Bertz CT molecular complexity index is 548.